The van der Waals surface area contributed by atoms with Gasteiger partial charge in [0, 0.05) is 18.7 Å². The zero-order valence-electron chi connectivity index (χ0n) is 14.5. The highest BCUT2D eigenvalue weighted by atomic mass is 16.5. The molecule has 0 spiro atoms. The molecule has 132 valence electrons. The molecule has 25 heavy (non-hydrogen) atoms. The maximum atomic E-state index is 10.8. The minimum absolute atomic E-state index is 0.122. The van der Waals surface area contributed by atoms with Gasteiger partial charge < -0.3 is 9.84 Å². The number of pyridine rings is 1. The fourth-order valence-corrected chi connectivity index (χ4v) is 3.37. The summed E-state index contributed by atoms with van der Waals surface area (Å²) in [6.07, 6.45) is 2.85. The van der Waals surface area contributed by atoms with Crippen LogP contribution in [-0.2, 0) is 17.8 Å². The Bertz CT molecular complexity index is 715. The van der Waals surface area contributed by atoms with Gasteiger partial charge in [0.1, 0.15) is 5.75 Å². The lowest BCUT2D eigenvalue weighted by Crippen LogP contribution is -2.23. The van der Waals surface area contributed by atoms with E-state index in [1.807, 2.05) is 24.3 Å². The zero-order valence-corrected chi connectivity index (χ0v) is 14.5. The Balaban J connectivity index is 1.70. The van der Waals surface area contributed by atoms with Crippen LogP contribution in [0, 0.1) is 0 Å². The van der Waals surface area contributed by atoms with E-state index in [0.29, 0.717) is 12.5 Å². The van der Waals surface area contributed by atoms with Crippen LogP contribution in [0.15, 0.2) is 42.5 Å². The molecule has 0 radical (unpaired) electrons. The molecule has 0 amide bonds. The van der Waals surface area contributed by atoms with Gasteiger partial charge in [-0.1, -0.05) is 18.2 Å². The summed E-state index contributed by atoms with van der Waals surface area (Å²) in [6.45, 7) is 1.94. The number of nitrogens with zero attached hydrogens (tertiary/aromatic N) is 2. The Morgan fingerprint density at radius 2 is 2.08 bits per heavy atom. The third kappa shape index (κ3) is 4.57. The van der Waals surface area contributed by atoms with Gasteiger partial charge in [-0.25, -0.2) is 0 Å². The van der Waals surface area contributed by atoms with Crippen molar-refractivity contribution in [1.82, 2.24) is 9.88 Å². The molecule has 1 atom stereocenters. The second kappa shape index (κ2) is 8.12. The molecule has 2 heterocycles. The Morgan fingerprint density at radius 3 is 2.80 bits per heavy atom. The quantitative estimate of drug-likeness (QED) is 0.836. The predicted octanol–water partition coefficient (Wildman–Crippen LogP) is 3.44. The molecule has 5 nitrogen and oxygen atoms in total. The van der Waals surface area contributed by atoms with E-state index >= 15 is 0 Å². The first-order valence-corrected chi connectivity index (χ1v) is 8.70. The first kappa shape index (κ1) is 17.4. The van der Waals surface area contributed by atoms with Gasteiger partial charge in [0.25, 0.3) is 0 Å². The Morgan fingerprint density at radius 1 is 1.28 bits per heavy atom. The molecule has 1 fully saturated rings. The number of carboxylic acids is 1. The van der Waals surface area contributed by atoms with E-state index in [2.05, 4.69) is 23.1 Å². The van der Waals surface area contributed by atoms with E-state index in [4.69, 9.17) is 14.8 Å². The van der Waals surface area contributed by atoms with Crippen LogP contribution in [0.2, 0.25) is 0 Å². The number of aromatic nitrogens is 1. The van der Waals surface area contributed by atoms with E-state index < -0.39 is 5.97 Å². The second-order valence-corrected chi connectivity index (χ2v) is 6.42. The van der Waals surface area contributed by atoms with Crippen LogP contribution in [0.1, 0.15) is 42.3 Å². The molecule has 5 heteroatoms. The van der Waals surface area contributed by atoms with Crippen molar-refractivity contribution in [3.05, 3.63) is 59.4 Å². The van der Waals surface area contributed by atoms with Gasteiger partial charge in [-0.15, -0.1) is 0 Å². The van der Waals surface area contributed by atoms with Gasteiger partial charge in [-0.3, -0.25) is 14.7 Å². The van der Waals surface area contributed by atoms with E-state index in [1.54, 1.807) is 7.11 Å². The molecule has 0 bridgehead atoms. The maximum absolute atomic E-state index is 10.8. The van der Waals surface area contributed by atoms with Crippen LogP contribution in [0.5, 0.6) is 5.75 Å². The van der Waals surface area contributed by atoms with Crippen molar-refractivity contribution >= 4 is 5.97 Å². The first-order chi connectivity index (χ1) is 12.2. The molecule has 0 aliphatic carbocycles. The number of benzene rings is 1. The van der Waals surface area contributed by atoms with Crippen molar-refractivity contribution in [3.8, 4) is 5.75 Å². The third-order valence-electron chi connectivity index (χ3n) is 4.67. The van der Waals surface area contributed by atoms with Crippen molar-refractivity contribution in [2.75, 3.05) is 13.7 Å². The predicted molar refractivity (Wildman–Crippen MR) is 95.6 cm³/mol. The number of aliphatic carboxylic acids is 1. The number of aryl methyl sites for hydroxylation is 1. The number of rotatable bonds is 7. The Kier molecular flexibility index (Phi) is 5.66. The van der Waals surface area contributed by atoms with Gasteiger partial charge in [-0.2, -0.15) is 0 Å². The van der Waals surface area contributed by atoms with E-state index in [0.717, 1.165) is 43.1 Å². The largest absolute Gasteiger partial charge is 0.497 e. The van der Waals surface area contributed by atoms with Gasteiger partial charge in [0.2, 0.25) is 0 Å². The van der Waals surface area contributed by atoms with Crippen LogP contribution in [0.25, 0.3) is 0 Å². The monoisotopic (exact) mass is 340 g/mol. The number of likely N-dealkylation sites (tertiary alicyclic amines) is 1. The average Bonchev–Trinajstić information content (AvgIpc) is 3.09. The molecule has 3 rings (SSSR count). The van der Waals surface area contributed by atoms with Crippen LogP contribution >= 0.6 is 0 Å². The summed E-state index contributed by atoms with van der Waals surface area (Å²) in [5.74, 6) is 0.0868. The molecule has 1 aromatic carbocycles. The molecular weight excluding hydrogens is 316 g/mol. The molecule has 1 N–H and O–H groups in total. The molecule has 1 saturated heterocycles. The van der Waals surface area contributed by atoms with E-state index in [9.17, 15) is 4.79 Å². The van der Waals surface area contributed by atoms with Crippen LogP contribution < -0.4 is 4.74 Å². The highest BCUT2D eigenvalue weighted by Gasteiger charge is 2.27. The number of carbonyl (C=O) groups is 1. The molecular formula is C20H24N2O3. The summed E-state index contributed by atoms with van der Waals surface area (Å²) in [4.78, 5) is 17.9. The summed E-state index contributed by atoms with van der Waals surface area (Å²) in [7, 11) is 1.68. The van der Waals surface area contributed by atoms with Gasteiger partial charge in [-0.05, 0) is 49.2 Å². The standard InChI is InChI=1S/C20H24N2O3/c1-25-17-10-7-15(8-11-17)14-22-13-3-6-19(22)18-5-2-4-16(21-18)9-12-20(23)24/h2,4-5,7-8,10-11,19H,3,6,9,12-14H2,1H3,(H,23,24)/t19-/m1/s1. The molecule has 0 saturated carbocycles. The van der Waals surface area contributed by atoms with Crippen LogP contribution in [-0.4, -0.2) is 34.6 Å². The van der Waals surface area contributed by atoms with Gasteiger partial charge in [0.05, 0.1) is 25.3 Å². The fraction of sp³-hybridized carbons (Fsp3) is 0.400. The number of methoxy groups -OCH3 is 1. The lowest BCUT2D eigenvalue weighted by atomic mass is 10.1. The Hall–Kier alpha value is -2.40. The fourth-order valence-electron chi connectivity index (χ4n) is 3.37. The zero-order chi connectivity index (χ0) is 17.6. The summed E-state index contributed by atoms with van der Waals surface area (Å²) in [5.41, 5.74) is 3.17. The maximum Gasteiger partial charge on any atom is 0.303 e. The summed E-state index contributed by atoms with van der Waals surface area (Å²) in [5, 5.41) is 8.85. The molecule has 1 aliphatic rings. The molecule has 1 aliphatic heterocycles. The molecule has 1 aromatic heterocycles. The smallest absolute Gasteiger partial charge is 0.303 e. The number of ether oxygens (including phenoxy) is 1. The number of hydrogen-bond acceptors (Lipinski definition) is 4. The van der Waals surface area contributed by atoms with Crippen molar-refractivity contribution in [1.29, 1.82) is 0 Å². The van der Waals surface area contributed by atoms with Crippen molar-refractivity contribution in [3.63, 3.8) is 0 Å². The number of carboxylic acid groups (broad SMARTS) is 1. The van der Waals surface area contributed by atoms with Crippen molar-refractivity contribution in [2.24, 2.45) is 0 Å². The topological polar surface area (TPSA) is 62.7 Å². The van der Waals surface area contributed by atoms with Crippen molar-refractivity contribution < 1.29 is 14.6 Å². The lowest BCUT2D eigenvalue weighted by Gasteiger charge is -2.24. The van der Waals surface area contributed by atoms with Crippen LogP contribution in [0.4, 0.5) is 0 Å². The Labute approximate surface area is 148 Å². The summed E-state index contributed by atoms with van der Waals surface area (Å²) < 4.78 is 5.22. The van der Waals surface area contributed by atoms with Gasteiger partial charge in [0.15, 0.2) is 0 Å². The highest BCUT2D eigenvalue weighted by Crippen LogP contribution is 2.32. The normalized spacial score (nSPS) is 17.6. The third-order valence-corrected chi connectivity index (χ3v) is 4.67. The highest BCUT2D eigenvalue weighted by molar-refractivity contribution is 5.66. The van der Waals surface area contributed by atoms with E-state index in [-0.39, 0.29) is 6.42 Å². The van der Waals surface area contributed by atoms with Gasteiger partial charge >= 0.3 is 5.97 Å². The first-order valence-electron chi connectivity index (χ1n) is 8.70. The van der Waals surface area contributed by atoms with Crippen LogP contribution in [0.3, 0.4) is 0 Å². The number of hydrogen-bond donors (Lipinski definition) is 1. The second-order valence-electron chi connectivity index (χ2n) is 6.42. The minimum atomic E-state index is -0.783. The summed E-state index contributed by atoms with van der Waals surface area (Å²) >= 11 is 0. The van der Waals surface area contributed by atoms with Crippen molar-refractivity contribution in [2.45, 2.75) is 38.3 Å². The lowest BCUT2D eigenvalue weighted by molar-refractivity contribution is -0.136. The SMILES string of the molecule is COc1ccc(CN2CCC[C@@H]2c2cccc(CCC(=O)O)n2)cc1. The molecule has 2 aromatic rings. The average molecular weight is 340 g/mol. The van der Waals surface area contributed by atoms with E-state index in [1.165, 1.54) is 5.56 Å². The molecule has 0 unspecified atom stereocenters. The summed E-state index contributed by atoms with van der Waals surface area (Å²) in [6, 6.07) is 14.4. The minimum Gasteiger partial charge on any atom is -0.497 e.